The number of hydrogen-bond acceptors (Lipinski definition) is 4. The molecule has 4 nitrogen and oxygen atoms in total. The van der Waals surface area contributed by atoms with E-state index in [-0.39, 0.29) is 17.8 Å². The molecule has 0 saturated carbocycles. The van der Waals surface area contributed by atoms with Gasteiger partial charge in [0.15, 0.2) is 0 Å². The fourth-order valence-corrected chi connectivity index (χ4v) is 2.37. The first-order valence-electron chi connectivity index (χ1n) is 6.55. The topological polar surface area (TPSA) is 46.6 Å². The summed E-state index contributed by atoms with van der Waals surface area (Å²) in [6.45, 7) is 5.88. The Hall–Kier alpha value is -0.900. The molecule has 0 amide bonds. The number of ether oxygens (including phenoxy) is 1. The minimum absolute atomic E-state index is 0.114. The van der Waals surface area contributed by atoms with Crippen molar-refractivity contribution in [1.29, 1.82) is 0 Å². The molecule has 0 aromatic carbocycles. The molecule has 0 unspecified atom stereocenters. The minimum Gasteiger partial charge on any atom is -0.466 e. The number of Topliss-reactive ketones (excluding diaryl/α,β-unsaturated/α-hetero) is 1. The van der Waals surface area contributed by atoms with Gasteiger partial charge < -0.3 is 4.74 Å². The van der Waals surface area contributed by atoms with Crippen molar-refractivity contribution in [2.24, 2.45) is 0 Å². The van der Waals surface area contributed by atoms with Crippen LogP contribution in [-0.4, -0.2) is 42.4 Å². The van der Waals surface area contributed by atoms with Crippen LogP contribution in [0.3, 0.4) is 0 Å². The Labute approximate surface area is 103 Å². The molecular formula is C13H23NO3. The summed E-state index contributed by atoms with van der Waals surface area (Å²) in [7, 11) is 0. The van der Waals surface area contributed by atoms with Crippen LogP contribution in [-0.2, 0) is 14.3 Å². The van der Waals surface area contributed by atoms with E-state index in [9.17, 15) is 9.59 Å². The molecule has 4 heteroatoms. The zero-order valence-corrected chi connectivity index (χ0v) is 10.9. The minimum atomic E-state index is -0.114. The maximum Gasteiger partial charge on any atom is 0.305 e. The number of unbranched alkanes of at least 4 members (excludes halogenated alkanes) is 1. The lowest BCUT2D eigenvalue weighted by Gasteiger charge is -2.21. The Morgan fingerprint density at radius 1 is 1.35 bits per heavy atom. The van der Waals surface area contributed by atoms with Crippen LogP contribution in [0.25, 0.3) is 0 Å². The summed E-state index contributed by atoms with van der Waals surface area (Å²) in [6, 6.07) is 0.123. The van der Waals surface area contributed by atoms with Gasteiger partial charge in [0.05, 0.1) is 12.6 Å². The molecule has 98 valence electrons. The van der Waals surface area contributed by atoms with Gasteiger partial charge in [0.25, 0.3) is 0 Å². The van der Waals surface area contributed by atoms with Crippen LogP contribution >= 0.6 is 0 Å². The number of carbonyl (C=O) groups excluding carboxylic acids is 2. The predicted molar refractivity (Wildman–Crippen MR) is 65.8 cm³/mol. The molecule has 1 aliphatic rings. The zero-order valence-electron chi connectivity index (χ0n) is 10.9. The van der Waals surface area contributed by atoms with E-state index < -0.39 is 0 Å². The average Bonchev–Trinajstić information content (AvgIpc) is 2.73. The number of ketones is 1. The lowest BCUT2D eigenvalue weighted by molar-refractivity contribution is -0.143. The molecule has 1 atom stereocenters. The van der Waals surface area contributed by atoms with Gasteiger partial charge in [-0.3, -0.25) is 14.5 Å². The standard InChI is InChI=1S/C13H23NO3/c1-3-17-13(16)8-4-5-9-14-10-6-7-12(14)11(2)15/h12H,3-10H2,1-2H3/t12-/m1/s1. The van der Waals surface area contributed by atoms with E-state index in [1.807, 2.05) is 6.92 Å². The quantitative estimate of drug-likeness (QED) is 0.503. The Morgan fingerprint density at radius 3 is 2.76 bits per heavy atom. The highest BCUT2D eigenvalue weighted by molar-refractivity contribution is 5.81. The largest absolute Gasteiger partial charge is 0.466 e. The van der Waals surface area contributed by atoms with E-state index in [4.69, 9.17) is 4.74 Å². The van der Waals surface area contributed by atoms with Gasteiger partial charge in [0.2, 0.25) is 0 Å². The van der Waals surface area contributed by atoms with Gasteiger partial charge in [-0.25, -0.2) is 0 Å². The second-order valence-electron chi connectivity index (χ2n) is 4.57. The Balaban J connectivity index is 2.14. The first-order valence-corrected chi connectivity index (χ1v) is 6.55. The van der Waals surface area contributed by atoms with Gasteiger partial charge in [0, 0.05) is 6.42 Å². The molecule has 1 fully saturated rings. The van der Waals surface area contributed by atoms with Crippen LogP contribution in [0.5, 0.6) is 0 Å². The fourth-order valence-electron chi connectivity index (χ4n) is 2.37. The van der Waals surface area contributed by atoms with E-state index in [1.165, 1.54) is 0 Å². The normalized spacial score (nSPS) is 20.5. The molecule has 0 N–H and O–H groups in total. The summed E-state index contributed by atoms with van der Waals surface area (Å²) >= 11 is 0. The van der Waals surface area contributed by atoms with E-state index in [0.717, 1.165) is 38.8 Å². The van der Waals surface area contributed by atoms with E-state index in [2.05, 4.69) is 4.90 Å². The monoisotopic (exact) mass is 241 g/mol. The van der Waals surface area contributed by atoms with Crippen LogP contribution in [0.1, 0.15) is 46.0 Å². The van der Waals surface area contributed by atoms with Gasteiger partial charge in [0.1, 0.15) is 5.78 Å². The maximum absolute atomic E-state index is 11.4. The molecule has 0 bridgehead atoms. The van der Waals surface area contributed by atoms with Crippen LogP contribution in [0.2, 0.25) is 0 Å². The van der Waals surface area contributed by atoms with Crippen molar-refractivity contribution >= 4 is 11.8 Å². The predicted octanol–water partition coefficient (Wildman–Crippen LogP) is 1.77. The third kappa shape index (κ3) is 4.86. The summed E-state index contributed by atoms with van der Waals surface area (Å²) < 4.78 is 4.87. The van der Waals surface area contributed by atoms with Crippen molar-refractivity contribution in [3.63, 3.8) is 0 Å². The van der Waals surface area contributed by atoms with Crippen LogP contribution in [0, 0.1) is 0 Å². The first kappa shape index (κ1) is 14.2. The number of esters is 1. The second kappa shape index (κ2) is 7.43. The summed E-state index contributed by atoms with van der Waals surface area (Å²) in [5.41, 5.74) is 0. The first-order chi connectivity index (χ1) is 8.15. The van der Waals surface area contributed by atoms with Gasteiger partial charge in [-0.05, 0) is 52.6 Å². The van der Waals surface area contributed by atoms with Crippen molar-refractivity contribution in [3.05, 3.63) is 0 Å². The number of carbonyl (C=O) groups is 2. The molecule has 1 saturated heterocycles. The average molecular weight is 241 g/mol. The van der Waals surface area contributed by atoms with Gasteiger partial charge in [-0.1, -0.05) is 0 Å². The molecule has 0 aliphatic carbocycles. The third-order valence-electron chi connectivity index (χ3n) is 3.21. The lowest BCUT2D eigenvalue weighted by atomic mass is 10.1. The SMILES string of the molecule is CCOC(=O)CCCCN1CCC[C@@H]1C(C)=O. The van der Waals surface area contributed by atoms with Crippen molar-refractivity contribution in [1.82, 2.24) is 4.90 Å². The Morgan fingerprint density at radius 2 is 2.12 bits per heavy atom. The molecule has 1 aliphatic heterocycles. The van der Waals surface area contributed by atoms with Crippen LogP contribution < -0.4 is 0 Å². The summed E-state index contributed by atoms with van der Waals surface area (Å²) in [4.78, 5) is 24.7. The Kier molecular flexibility index (Phi) is 6.19. The number of rotatable bonds is 7. The van der Waals surface area contributed by atoms with Crippen LogP contribution in [0.15, 0.2) is 0 Å². The summed E-state index contributed by atoms with van der Waals surface area (Å²) in [5, 5.41) is 0. The number of hydrogen-bond donors (Lipinski definition) is 0. The maximum atomic E-state index is 11.4. The van der Waals surface area contributed by atoms with E-state index >= 15 is 0 Å². The lowest BCUT2D eigenvalue weighted by Crippen LogP contribution is -2.35. The van der Waals surface area contributed by atoms with Gasteiger partial charge in [-0.15, -0.1) is 0 Å². The number of nitrogens with zero attached hydrogens (tertiary/aromatic N) is 1. The highest BCUT2D eigenvalue weighted by atomic mass is 16.5. The second-order valence-corrected chi connectivity index (χ2v) is 4.57. The van der Waals surface area contributed by atoms with Crippen molar-refractivity contribution in [2.45, 2.75) is 52.0 Å². The van der Waals surface area contributed by atoms with Crippen molar-refractivity contribution < 1.29 is 14.3 Å². The highest BCUT2D eigenvalue weighted by Gasteiger charge is 2.27. The highest BCUT2D eigenvalue weighted by Crippen LogP contribution is 2.18. The van der Waals surface area contributed by atoms with E-state index in [0.29, 0.717) is 13.0 Å². The van der Waals surface area contributed by atoms with Crippen molar-refractivity contribution in [2.75, 3.05) is 19.7 Å². The Bertz CT molecular complexity index is 265. The molecule has 17 heavy (non-hydrogen) atoms. The van der Waals surface area contributed by atoms with Crippen molar-refractivity contribution in [3.8, 4) is 0 Å². The zero-order chi connectivity index (χ0) is 12.7. The molecule has 0 aromatic rings. The van der Waals surface area contributed by atoms with Gasteiger partial charge in [-0.2, -0.15) is 0 Å². The summed E-state index contributed by atoms with van der Waals surface area (Å²) in [6.07, 6.45) is 4.41. The smallest absolute Gasteiger partial charge is 0.305 e. The third-order valence-corrected chi connectivity index (χ3v) is 3.21. The number of likely N-dealkylation sites (tertiary alicyclic amines) is 1. The molecule has 1 heterocycles. The van der Waals surface area contributed by atoms with E-state index in [1.54, 1.807) is 6.92 Å². The fraction of sp³-hybridized carbons (Fsp3) is 0.846. The molecule has 0 radical (unpaired) electrons. The molecule has 1 rings (SSSR count). The summed E-state index contributed by atoms with van der Waals surface area (Å²) in [5.74, 6) is 0.157. The molecule has 0 aromatic heterocycles. The van der Waals surface area contributed by atoms with Crippen LogP contribution in [0.4, 0.5) is 0 Å². The molecular weight excluding hydrogens is 218 g/mol. The van der Waals surface area contributed by atoms with Gasteiger partial charge >= 0.3 is 5.97 Å². The molecule has 0 spiro atoms.